The van der Waals surface area contributed by atoms with E-state index in [4.69, 9.17) is 10.2 Å². The fraction of sp³-hybridized carbons (Fsp3) is 0.462. The van der Waals surface area contributed by atoms with Crippen LogP contribution >= 0.6 is 0 Å². The van der Waals surface area contributed by atoms with Crippen molar-refractivity contribution >= 4 is 5.82 Å². The van der Waals surface area contributed by atoms with Gasteiger partial charge in [0.05, 0.1) is 5.69 Å². The molecule has 17 heavy (non-hydrogen) atoms. The Hall–Kier alpha value is -1.71. The first kappa shape index (κ1) is 11.8. The Kier molecular flexibility index (Phi) is 2.96. The van der Waals surface area contributed by atoms with E-state index in [1.807, 2.05) is 13.8 Å². The molecule has 4 heteroatoms. The van der Waals surface area contributed by atoms with Gasteiger partial charge in [0.1, 0.15) is 17.3 Å². The molecule has 0 amide bonds. The van der Waals surface area contributed by atoms with E-state index in [9.17, 15) is 0 Å². The number of aromatic nitrogens is 2. The van der Waals surface area contributed by atoms with Gasteiger partial charge in [-0.1, -0.05) is 13.3 Å². The highest BCUT2D eigenvalue weighted by Gasteiger charge is 2.19. The van der Waals surface area contributed by atoms with Gasteiger partial charge in [-0.2, -0.15) is 5.10 Å². The summed E-state index contributed by atoms with van der Waals surface area (Å²) in [5.74, 6) is 2.47. The smallest absolute Gasteiger partial charge is 0.149 e. The zero-order valence-corrected chi connectivity index (χ0v) is 10.8. The summed E-state index contributed by atoms with van der Waals surface area (Å²) in [4.78, 5) is 0. The monoisotopic (exact) mass is 233 g/mol. The second-order valence-corrected chi connectivity index (χ2v) is 4.43. The van der Waals surface area contributed by atoms with E-state index in [0.717, 1.165) is 46.7 Å². The Balaban J connectivity index is 2.60. The minimum atomic E-state index is 0.597. The molecule has 0 saturated carbocycles. The number of hydrogen-bond acceptors (Lipinski definition) is 3. The molecule has 4 nitrogen and oxygen atoms in total. The molecule has 2 heterocycles. The molecule has 0 saturated heterocycles. The summed E-state index contributed by atoms with van der Waals surface area (Å²) in [6, 6.07) is 0. The van der Waals surface area contributed by atoms with Crippen molar-refractivity contribution in [1.29, 1.82) is 0 Å². The van der Waals surface area contributed by atoms with E-state index in [1.54, 1.807) is 0 Å². The highest BCUT2D eigenvalue weighted by atomic mass is 16.3. The number of nitrogens with two attached hydrogens (primary N) is 1. The maximum absolute atomic E-state index is 5.90. The molecule has 2 aromatic heterocycles. The standard InChI is InChI=1S/C13H19N3O/c1-5-6-10-12(15-16-13(10)14)11-7(2)8(3)17-9(11)4/h5-6H2,1-4H3,(H3,14,15,16). The number of furan rings is 1. The maximum Gasteiger partial charge on any atom is 0.149 e. The Morgan fingerprint density at radius 3 is 2.47 bits per heavy atom. The van der Waals surface area contributed by atoms with Gasteiger partial charge in [0, 0.05) is 11.1 Å². The second kappa shape index (κ2) is 4.28. The number of nitrogens with zero attached hydrogens (tertiary/aromatic N) is 1. The number of aryl methyl sites for hydroxylation is 2. The lowest BCUT2D eigenvalue weighted by Crippen LogP contribution is -1.93. The van der Waals surface area contributed by atoms with Crippen LogP contribution in [0.3, 0.4) is 0 Å². The van der Waals surface area contributed by atoms with E-state index in [2.05, 4.69) is 24.0 Å². The van der Waals surface area contributed by atoms with Crippen molar-refractivity contribution in [3.63, 3.8) is 0 Å². The molecule has 92 valence electrons. The molecule has 0 atom stereocenters. The van der Waals surface area contributed by atoms with Crippen LogP contribution in [0.25, 0.3) is 11.3 Å². The van der Waals surface area contributed by atoms with Gasteiger partial charge in [-0.3, -0.25) is 5.10 Å². The largest absolute Gasteiger partial charge is 0.466 e. The van der Waals surface area contributed by atoms with Gasteiger partial charge in [-0.15, -0.1) is 0 Å². The molecule has 2 aromatic rings. The van der Waals surface area contributed by atoms with Crippen molar-refractivity contribution < 1.29 is 4.42 Å². The molecule has 3 N–H and O–H groups in total. The highest BCUT2D eigenvalue weighted by molar-refractivity contribution is 5.73. The number of aromatic amines is 1. The van der Waals surface area contributed by atoms with Gasteiger partial charge in [-0.05, 0) is 32.8 Å². The molecule has 0 aromatic carbocycles. The van der Waals surface area contributed by atoms with Crippen molar-refractivity contribution in [2.24, 2.45) is 0 Å². The third-order valence-corrected chi connectivity index (χ3v) is 3.21. The summed E-state index contributed by atoms with van der Waals surface area (Å²) in [6.45, 7) is 8.15. The molecule has 0 fully saturated rings. The van der Waals surface area contributed by atoms with Crippen LogP contribution in [-0.2, 0) is 6.42 Å². The Morgan fingerprint density at radius 1 is 1.24 bits per heavy atom. The number of anilines is 1. The van der Waals surface area contributed by atoms with E-state index >= 15 is 0 Å². The van der Waals surface area contributed by atoms with E-state index in [-0.39, 0.29) is 0 Å². The fourth-order valence-electron chi connectivity index (χ4n) is 2.25. The van der Waals surface area contributed by atoms with Crippen LogP contribution in [0.5, 0.6) is 0 Å². The lowest BCUT2D eigenvalue weighted by molar-refractivity contribution is 0.503. The average Bonchev–Trinajstić information content (AvgIpc) is 2.73. The molecular weight excluding hydrogens is 214 g/mol. The van der Waals surface area contributed by atoms with E-state index in [1.165, 1.54) is 0 Å². The van der Waals surface area contributed by atoms with Gasteiger partial charge in [0.25, 0.3) is 0 Å². The molecule has 0 aliphatic carbocycles. The predicted octanol–water partition coefficient (Wildman–Crippen LogP) is 3.13. The number of hydrogen-bond donors (Lipinski definition) is 2. The lowest BCUT2D eigenvalue weighted by atomic mass is 10.0. The molecule has 0 unspecified atom stereocenters. The Bertz CT molecular complexity index is 537. The number of H-pyrrole nitrogens is 1. The normalized spacial score (nSPS) is 11.1. The Morgan fingerprint density at radius 2 is 1.94 bits per heavy atom. The molecular formula is C13H19N3O. The molecule has 2 rings (SSSR count). The lowest BCUT2D eigenvalue weighted by Gasteiger charge is -2.03. The molecule has 0 radical (unpaired) electrons. The Labute approximate surface area is 101 Å². The van der Waals surface area contributed by atoms with Crippen LogP contribution in [0.2, 0.25) is 0 Å². The van der Waals surface area contributed by atoms with Crippen molar-refractivity contribution in [3.8, 4) is 11.3 Å². The summed E-state index contributed by atoms with van der Waals surface area (Å²) >= 11 is 0. The first-order chi connectivity index (χ1) is 8.06. The van der Waals surface area contributed by atoms with Crippen molar-refractivity contribution in [1.82, 2.24) is 10.2 Å². The summed E-state index contributed by atoms with van der Waals surface area (Å²) in [7, 11) is 0. The van der Waals surface area contributed by atoms with E-state index < -0.39 is 0 Å². The summed E-state index contributed by atoms with van der Waals surface area (Å²) in [6.07, 6.45) is 1.98. The summed E-state index contributed by atoms with van der Waals surface area (Å²) < 4.78 is 5.65. The fourth-order valence-corrected chi connectivity index (χ4v) is 2.25. The van der Waals surface area contributed by atoms with Gasteiger partial charge in [0.2, 0.25) is 0 Å². The third-order valence-electron chi connectivity index (χ3n) is 3.21. The van der Waals surface area contributed by atoms with Crippen LogP contribution < -0.4 is 5.73 Å². The van der Waals surface area contributed by atoms with E-state index in [0.29, 0.717) is 5.82 Å². The van der Waals surface area contributed by atoms with Crippen LogP contribution in [0.4, 0.5) is 5.82 Å². The van der Waals surface area contributed by atoms with Gasteiger partial charge < -0.3 is 10.2 Å². The number of rotatable bonds is 3. The minimum Gasteiger partial charge on any atom is -0.466 e. The van der Waals surface area contributed by atoms with Crippen LogP contribution in [0, 0.1) is 20.8 Å². The second-order valence-electron chi connectivity index (χ2n) is 4.43. The molecule has 0 aliphatic heterocycles. The quantitative estimate of drug-likeness (QED) is 0.855. The predicted molar refractivity (Wildman–Crippen MR) is 68.9 cm³/mol. The summed E-state index contributed by atoms with van der Waals surface area (Å²) in [5, 5.41) is 7.15. The zero-order valence-electron chi connectivity index (χ0n) is 10.8. The molecule has 0 aliphatic rings. The van der Waals surface area contributed by atoms with Crippen LogP contribution in [-0.4, -0.2) is 10.2 Å². The average molecular weight is 233 g/mol. The molecule has 0 spiro atoms. The van der Waals surface area contributed by atoms with Gasteiger partial charge >= 0.3 is 0 Å². The summed E-state index contributed by atoms with van der Waals surface area (Å²) in [5.41, 5.74) is 10.3. The van der Waals surface area contributed by atoms with Crippen molar-refractivity contribution in [2.45, 2.75) is 40.5 Å². The van der Waals surface area contributed by atoms with Crippen LogP contribution in [0.15, 0.2) is 4.42 Å². The minimum absolute atomic E-state index is 0.597. The molecule has 0 bridgehead atoms. The topological polar surface area (TPSA) is 67.8 Å². The first-order valence-electron chi connectivity index (χ1n) is 5.95. The third kappa shape index (κ3) is 1.84. The van der Waals surface area contributed by atoms with Crippen molar-refractivity contribution in [2.75, 3.05) is 5.73 Å². The van der Waals surface area contributed by atoms with Crippen LogP contribution in [0.1, 0.15) is 36.0 Å². The van der Waals surface area contributed by atoms with Gasteiger partial charge in [0.15, 0.2) is 0 Å². The maximum atomic E-state index is 5.90. The first-order valence-corrected chi connectivity index (χ1v) is 5.95. The highest BCUT2D eigenvalue weighted by Crippen LogP contribution is 2.34. The number of nitrogen functional groups attached to an aromatic ring is 1. The SMILES string of the molecule is CCCc1c(N)n[nH]c1-c1c(C)oc(C)c1C. The van der Waals surface area contributed by atoms with Crippen molar-refractivity contribution in [3.05, 3.63) is 22.6 Å². The zero-order chi connectivity index (χ0) is 12.6. The number of nitrogens with one attached hydrogen (secondary N) is 1. The van der Waals surface area contributed by atoms with Gasteiger partial charge in [-0.25, -0.2) is 0 Å².